The summed E-state index contributed by atoms with van der Waals surface area (Å²) in [4.78, 5) is 0. The summed E-state index contributed by atoms with van der Waals surface area (Å²) >= 11 is 0. The van der Waals surface area contributed by atoms with Crippen molar-refractivity contribution in [3.05, 3.63) is 35.9 Å². The molecule has 1 aromatic rings. The molecule has 1 nitrogen and oxygen atoms in total. The highest BCUT2D eigenvalue weighted by atomic mass is 19.3. The molecule has 1 atom stereocenters. The van der Waals surface area contributed by atoms with Gasteiger partial charge in [-0.2, -0.15) is 0 Å². The Morgan fingerprint density at radius 1 is 1.19 bits per heavy atom. The van der Waals surface area contributed by atoms with Gasteiger partial charge in [0.15, 0.2) is 0 Å². The van der Waals surface area contributed by atoms with Gasteiger partial charge in [-0.05, 0) is 24.9 Å². The van der Waals surface area contributed by atoms with E-state index in [1.807, 2.05) is 6.07 Å². The first-order valence-corrected chi connectivity index (χ1v) is 5.83. The molecule has 1 aliphatic rings. The maximum absolute atomic E-state index is 13.9. The Balaban J connectivity index is 2.01. The Bertz CT molecular complexity index is 318. The fraction of sp³-hybridized carbons (Fsp3) is 0.538. The van der Waals surface area contributed by atoms with Gasteiger partial charge in [0.1, 0.15) is 0 Å². The minimum absolute atomic E-state index is 0.161. The van der Waals surface area contributed by atoms with Gasteiger partial charge < -0.3 is 5.32 Å². The van der Waals surface area contributed by atoms with E-state index in [4.69, 9.17) is 0 Å². The predicted octanol–water partition coefficient (Wildman–Crippen LogP) is 3.01. The molecule has 3 heteroatoms. The second-order valence-electron chi connectivity index (χ2n) is 4.43. The molecule has 88 valence electrons. The summed E-state index contributed by atoms with van der Waals surface area (Å²) in [6.07, 6.45) is 2.34. The third-order valence-electron chi connectivity index (χ3n) is 3.10. The molecule has 1 N–H and O–H groups in total. The molecule has 0 spiro atoms. The van der Waals surface area contributed by atoms with Crippen LogP contribution in [0.3, 0.4) is 0 Å². The lowest BCUT2D eigenvalue weighted by Gasteiger charge is -2.31. The summed E-state index contributed by atoms with van der Waals surface area (Å²) < 4.78 is 27.9. The van der Waals surface area contributed by atoms with Crippen molar-refractivity contribution in [2.45, 2.75) is 37.6 Å². The van der Waals surface area contributed by atoms with E-state index in [0.717, 1.165) is 19.4 Å². The predicted molar refractivity (Wildman–Crippen MR) is 60.7 cm³/mol. The van der Waals surface area contributed by atoms with Crippen molar-refractivity contribution >= 4 is 0 Å². The van der Waals surface area contributed by atoms with Crippen LogP contribution >= 0.6 is 0 Å². The summed E-state index contributed by atoms with van der Waals surface area (Å²) in [5.74, 6) is -2.64. The zero-order valence-corrected chi connectivity index (χ0v) is 9.26. The first kappa shape index (κ1) is 11.5. The zero-order valence-electron chi connectivity index (χ0n) is 9.26. The van der Waals surface area contributed by atoms with E-state index in [0.29, 0.717) is 12.0 Å². The van der Waals surface area contributed by atoms with Gasteiger partial charge in [-0.3, -0.25) is 0 Å². The summed E-state index contributed by atoms with van der Waals surface area (Å²) in [6.45, 7) is 0.717. The second-order valence-corrected chi connectivity index (χ2v) is 4.43. The molecule has 2 rings (SSSR count). The maximum Gasteiger partial charge on any atom is 0.267 e. The molecule has 0 saturated carbocycles. The van der Waals surface area contributed by atoms with Gasteiger partial charge >= 0.3 is 0 Å². The lowest BCUT2D eigenvalue weighted by Crippen LogP contribution is -2.48. The van der Waals surface area contributed by atoms with Crippen LogP contribution in [0.25, 0.3) is 0 Å². The number of benzene rings is 1. The molecular formula is C13H17F2N. The first-order valence-electron chi connectivity index (χ1n) is 5.83. The largest absolute Gasteiger partial charge is 0.309 e. The number of piperidine rings is 1. The van der Waals surface area contributed by atoms with E-state index in [2.05, 4.69) is 5.32 Å². The van der Waals surface area contributed by atoms with Gasteiger partial charge in [0.2, 0.25) is 0 Å². The monoisotopic (exact) mass is 225 g/mol. The smallest absolute Gasteiger partial charge is 0.267 e. The van der Waals surface area contributed by atoms with E-state index in [-0.39, 0.29) is 6.42 Å². The molecule has 1 heterocycles. The van der Waals surface area contributed by atoms with Crippen molar-refractivity contribution in [1.29, 1.82) is 0 Å². The van der Waals surface area contributed by atoms with Gasteiger partial charge in [0.25, 0.3) is 5.92 Å². The molecule has 1 aliphatic heterocycles. The lowest BCUT2D eigenvalue weighted by atomic mass is 9.94. The fourth-order valence-electron chi connectivity index (χ4n) is 2.20. The summed E-state index contributed by atoms with van der Waals surface area (Å²) in [6, 6.07) is 8.33. The standard InChI is InChI=1S/C13H17F2N/c14-13(15,12-8-4-5-9-16-12)10-11-6-2-1-3-7-11/h1-3,6-7,12,16H,4-5,8-10H2. The van der Waals surface area contributed by atoms with Gasteiger partial charge in [-0.1, -0.05) is 36.8 Å². The Kier molecular flexibility index (Phi) is 3.54. The summed E-state index contributed by atoms with van der Waals surface area (Å²) in [5.41, 5.74) is 0.708. The highest BCUT2D eigenvalue weighted by Crippen LogP contribution is 2.28. The van der Waals surface area contributed by atoms with Crippen LogP contribution in [-0.2, 0) is 6.42 Å². The van der Waals surface area contributed by atoms with Crippen molar-refractivity contribution < 1.29 is 8.78 Å². The van der Waals surface area contributed by atoms with Crippen LogP contribution in [0.5, 0.6) is 0 Å². The Morgan fingerprint density at radius 2 is 1.94 bits per heavy atom. The molecule has 0 aliphatic carbocycles. The van der Waals surface area contributed by atoms with Crippen LogP contribution in [0, 0.1) is 0 Å². The molecule has 1 unspecified atom stereocenters. The topological polar surface area (TPSA) is 12.0 Å². The SMILES string of the molecule is FC(F)(Cc1ccccc1)C1CCCCN1. The fourth-order valence-corrected chi connectivity index (χ4v) is 2.20. The minimum Gasteiger partial charge on any atom is -0.309 e. The van der Waals surface area contributed by atoms with Gasteiger partial charge in [0, 0.05) is 6.42 Å². The van der Waals surface area contributed by atoms with Crippen molar-refractivity contribution in [2.24, 2.45) is 0 Å². The van der Waals surface area contributed by atoms with E-state index in [1.165, 1.54) is 0 Å². The average Bonchev–Trinajstić information content (AvgIpc) is 2.31. The van der Waals surface area contributed by atoms with Crippen LogP contribution in [0.4, 0.5) is 8.78 Å². The number of halogens is 2. The minimum atomic E-state index is -2.64. The molecule has 1 aromatic carbocycles. The third-order valence-corrected chi connectivity index (χ3v) is 3.10. The molecule has 1 fully saturated rings. The maximum atomic E-state index is 13.9. The average molecular weight is 225 g/mol. The van der Waals surface area contributed by atoms with Crippen molar-refractivity contribution in [1.82, 2.24) is 5.32 Å². The highest BCUT2D eigenvalue weighted by molar-refractivity contribution is 5.17. The molecule has 0 radical (unpaired) electrons. The van der Waals surface area contributed by atoms with Gasteiger partial charge in [-0.25, -0.2) is 8.78 Å². The molecule has 0 amide bonds. The van der Waals surface area contributed by atoms with E-state index in [1.54, 1.807) is 24.3 Å². The van der Waals surface area contributed by atoms with E-state index in [9.17, 15) is 8.78 Å². The normalized spacial score (nSPS) is 22.0. The number of hydrogen-bond acceptors (Lipinski definition) is 1. The quantitative estimate of drug-likeness (QED) is 0.833. The number of hydrogen-bond donors (Lipinski definition) is 1. The second kappa shape index (κ2) is 4.91. The molecule has 0 aromatic heterocycles. The Morgan fingerprint density at radius 3 is 2.56 bits per heavy atom. The van der Waals surface area contributed by atoms with Crippen molar-refractivity contribution in [3.8, 4) is 0 Å². The zero-order chi connectivity index (χ0) is 11.4. The Hall–Kier alpha value is -0.960. The van der Waals surface area contributed by atoms with Crippen LogP contribution < -0.4 is 5.32 Å². The highest BCUT2D eigenvalue weighted by Gasteiger charge is 2.39. The van der Waals surface area contributed by atoms with Crippen LogP contribution in [0.2, 0.25) is 0 Å². The van der Waals surface area contributed by atoms with E-state index >= 15 is 0 Å². The number of nitrogens with one attached hydrogen (secondary N) is 1. The molecule has 16 heavy (non-hydrogen) atoms. The summed E-state index contributed by atoms with van der Waals surface area (Å²) in [7, 11) is 0. The third kappa shape index (κ3) is 2.79. The van der Waals surface area contributed by atoms with Gasteiger partial charge in [0.05, 0.1) is 6.04 Å². The van der Waals surface area contributed by atoms with Crippen molar-refractivity contribution in [3.63, 3.8) is 0 Å². The van der Waals surface area contributed by atoms with Crippen molar-refractivity contribution in [2.75, 3.05) is 6.54 Å². The van der Waals surface area contributed by atoms with Crippen LogP contribution in [0.1, 0.15) is 24.8 Å². The van der Waals surface area contributed by atoms with E-state index < -0.39 is 12.0 Å². The number of alkyl halides is 2. The van der Waals surface area contributed by atoms with Crippen LogP contribution in [-0.4, -0.2) is 18.5 Å². The summed E-state index contributed by atoms with van der Waals surface area (Å²) in [5, 5.41) is 2.93. The van der Waals surface area contributed by atoms with Crippen LogP contribution in [0.15, 0.2) is 30.3 Å². The molecular weight excluding hydrogens is 208 g/mol. The van der Waals surface area contributed by atoms with Gasteiger partial charge in [-0.15, -0.1) is 0 Å². The first-order chi connectivity index (χ1) is 7.68. The molecule has 1 saturated heterocycles. The Labute approximate surface area is 94.9 Å². The molecule has 0 bridgehead atoms. The lowest BCUT2D eigenvalue weighted by molar-refractivity contribution is -0.0441. The number of rotatable bonds is 3.